The Hall–Kier alpha value is -1.26. The molecule has 3 rings (SSSR count). The van der Waals surface area contributed by atoms with Crippen LogP contribution < -0.4 is 15.4 Å². The highest BCUT2D eigenvalue weighted by Crippen LogP contribution is 2.37. The van der Waals surface area contributed by atoms with Crippen LogP contribution in [0.4, 0.5) is 5.69 Å². The Balaban J connectivity index is 1.84. The SMILES string of the molecule is Cc1cccc2c1N1CCN(CCN)CC1CO2. The zero-order chi connectivity index (χ0) is 12.5. The van der Waals surface area contributed by atoms with Gasteiger partial charge in [-0.15, -0.1) is 0 Å². The normalized spacial score (nSPS) is 23.2. The number of para-hydroxylation sites is 1. The Morgan fingerprint density at radius 3 is 3.11 bits per heavy atom. The predicted octanol–water partition coefficient (Wildman–Crippen LogP) is 0.837. The summed E-state index contributed by atoms with van der Waals surface area (Å²) in [5, 5.41) is 0. The maximum absolute atomic E-state index is 5.90. The summed E-state index contributed by atoms with van der Waals surface area (Å²) < 4.78 is 5.90. The van der Waals surface area contributed by atoms with Crippen LogP contribution in [0.15, 0.2) is 18.2 Å². The minimum atomic E-state index is 0.471. The fraction of sp³-hybridized carbons (Fsp3) is 0.571. The Labute approximate surface area is 108 Å². The molecule has 1 fully saturated rings. The van der Waals surface area contributed by atoms with Gasteiger partial charge in [-0.1, -0.05) is 12.1 Å². The second-order valence-corrected chi connectivity index (χ2v) is 5.17. The molecule has 0 bridgehead atoms. The topological polar surface area (TPSA) is 41.7 Å². The Morgan fingerprint density at radius 2 is 2.28 bits per heavy atom. The first kappa shape index (κ1) is 11.8. The molecule has 1 unspecified atom stereocenters. The van der Waals surface area contributed by atoms with Crippen molar-refractivity contribution in [2.24, 2.45) is 5.73 Å². The summed E-state index contributed by atoms with van der Waals surface area (Å²) >= 11 is 0. The van der Waals surface area contributed by atoms with Gasteiger partial charge in [0.2, 0.25) is 0 Å². The van der Waals surface area contributed by atoms with Crippen molar-refractivity contribution in [3.8, 4) is 5.75 Å². The van der Waals surface area contributed by atoms with Gasteiger partial charge in [0, 0.05) is 32.7 Å². The number of nitrogens with two attached hydrogens (primary N) is 1. The second kappa shape index (κ2) is 4.78. The van der Waals surface area contributed by atoms with Gasteiger partial charge in [0.05, 0.1) is 11.7 Å². The average molecular weight is 247 g/mol. The lowest BCUT2D eigenvalue weighted by Crippen LogP contribution is -2.58. The van der Waals surface area contributed by atoms with E-state index in [1.165, 1.54) is 11.3 Å². The van der Waals surface area contributed by atoms with Crippen LogP contribution >= 0.6 is 0 Å². The van der Waals surface area contributed by atoms with Crippen molar-refractivity contribution in [3.63, 3.8) is 0 Å². The average Bonchev–Trinajstić information content (AvgIpc) is 2.39. The number of piperazine rings is 1. The maximum atomic E-state index is 5.90. The summed E-state index contributed by atoms with van der Waals surface area (Å²) in [6.07, 6.45) is 0. The van der Waals surface area contributed by atoms with Crippen LogP contribution in [0, 0.1) is 6.92 Å². The lowest BCUT2D eigenvalue weighted by Gasteiger charge is -2.46. The highest BCUT2D eigenvalue weighted by Gasteiger charge is 2.33. The molecule has 0 aromatic heterocycles. The maximum Gasteiger partial charge on any atom is 0.142 e. The Morgan fingerprint density at radius 1 is 1.39 bits per heavy atom. The minimum Gasteiger partial charge on any atom is -0.489 e. The molecule has 1 atom stereocenters. The van der Waals surface area contributed by atoms with E-state index in [4.69, 9.17) is 10.5 Å². The highest BCUT2D eigenvalue weighted by molar-refractivity contribution is 5.65. The number of benzene rings is 1. The van der Waals surface area contributed by atoms with Crippen LogP contribution in [0.25, 0.3) is 0 Å². The van der Waals surface area contributed by atoms with Crippen LogP contribution in [0.5, 0.6) is 5.75 Å². The van der Waals surface area contributed by atoms with Gasteiger partial charge >= 0.3 is 0 Å². The van der Waals surface area contributed by atoms with E-state index in [1.807, 2.05) is 0 Å². The van der Waals surface area contributed by atoms with Crippen LogP contribution in [-0.4, -0.2) is 50.3 Å². The number of ether oxygens (including phenoxy) is 1. The molecule has 0 saturated carbocycles. The number of aryl methyl sites for hydroxylation is 1. The van der Waals surface area contributed by atoms with E-state index in [-0.39, 0.29) is 0 Å². The molecule has 2 aliphatic heterocycles. The van der Waals surface area contributed by atoms with Gasteiger partial charge in [-0.25, -0.2) is 0 Å². The van der Waals surface area contributed by atoms with E-state index in [1.54, 1.807) is 0 Å². The van der Waals surface area contributed by atoms with Crippen molar-refractivity contribution in [1.29, 1.82) is 0 Å². The van der Waals surface area contributed by atoms with Crippen molar-refractivity contribution in [3.05, 3.63) is 23.8 Å². The number of hydrogen-bond donors (Lipinski definition) is 1. The van der Waals surface area contributed by atoms with Crippen molar-refractivity contribution < 1.29 is 4.74 Å². The number of anilines is 1. The molecule has 0 radical (unpaired) electrons. The van der Waals surface area contributed by atoms with Crippen molar-refractivity contribution in [2.75, 3.05) is 44.2 Å². The van der Waals surface area contributed by atoms with E-state index >= 15 is 0 Å². The van der Waals surface area contributed by atoms with Gasteiger partial charge in [0.25, 0.3) is 0 Å². The molecule has 2 heterocycles. The molecule has 1 aromatic rings. The molecule has 18 heavy (non-hydrogen) atoms. The van der Waals surface area contributed by atoms with Gasteiger partial charge in [-0.3, -0.25) is 4.90 Å². The number of fused-ring (bicyclic) bond motifs is 3. The van der Waals surface area contributed by atoms with Crippen molar-refractivity contribution in [1.82, 2.24) is 4.90 Å². The summed E-state index contributed by atoms with van der Waals surface area (Å²) in [6, 6.07) is 6.78. The fourth-order valence-corrected chi connectivity index (χ4v) is 3.04. The summed E-state index contributed by atoms with van der Waals surface area (Å²) in [4.78, 5) is 4.95. The summed E-state index contributed by atoms with van der Waals surface area (Å²) in [5.41, 5.74) is 8.24. The van der Waals surface area contributed by atoms with E-state index in [0.717, 1.165) is 45.1 Å². The van der Waals surface area contributed by atoms with Gasteiger partial charge < -0.3 is 15.4 Å². The Kier molecular flexibility index (Phi) is 3.14. The molecule has 98 valence electrons. The monoisotopic (exact) mass is 247 g/mol. The summed E-state index contributed by atoms with van der Waals surface area (Å²) in [5.74, 6) is 1.04. The lowest BCUT2D eigenvalue weighted by atomic mass is 10.1. The number of rotatable bonds is 2. The first-order valence-corrected chi connectivity index (χ1v) is 6.71. The molecule has 0 amide bonds. The molecule has 1 aromatic carbocycles. The molecule has 0 spiro atoms. The molecule has 2 aliphatic rings. The molecule has 1 saturated heterocycles. The molecule has 4 heteroatoms. The van der Waals surface area contributed by atoms with Crippen molar-refractivity contribution in [2.45, 2.75) is 13.0 Å². The van der Waals surface area contributed by atoms with E-state index in [9.17, 15) is 0 Å². The van der Waals surface area contributed by atoms with E-state index in [0.29, 0.717) is 6.04 Å². The highest BCUT2D eigenvalue weighted by atomic mass is 16.5. The minimum absolute atomic E-state index is 0.471. The van der Waals surface area contributed by atoms with Gasteiger partial charge in [-0.05, 0) is 18.6 Å². The Bertz CT molecular complexity index is 435. The van der Waals surface area contributed by atoms with Crippen LogP contribution in [0.3, 0.4) is 0 Å². The third-order valence-electron chi connectivity index (χ3n) is 3.93. The van der Waals surface area contributed by atoms with Gasteiger partial charge in [0.1, 0.15) is 12.4 Å². The lowest BCUT2D eigenvalue weighted by molar-refractivity contribution is 0.170. The predicted molar refractivity (Wildman–Crippen MR) is 73.3 cm³/mol. The van der Waals surface area contributed by atoms with Crippen LogP contribution in [0.1, 0.15) is 5.56 Å². The molecular formula is C14H21N3O. The first-order chi connectivity index (χ1) is 8.79. The van der Waals surface area contributed by atoms with E-state index in [2.05, 4.69) is 34.9 Å². The molecular weight excluding hydrogens is 226 g/mol. The standard InChI is InChI=1S/C14H21N3O/c1-11-3-2-4-13-14(11)17-8-7-16(6-5-15)9-12(17)10-18-13/h2-4,12H,5-10,15H2,1H3. The zero-order valence-electron chi connectivity index (χ0n) is 10.9. The van der Waals surface area contributed by atoms with E-state index < -0.39 is 0 Å². The fourth-order valence-electron chi connectivity index (χ4n) is 3.04. The number of hydrogen-bond acceptors (Lipinski definition) is 4. The summed E-state index contributed by atoms with van der Waals surface area (Å²) in [7, 11) is 0. The van der Waals surface area contributed by atoms with Gasteiger partial charge in [-0.2, -0.15) is 0 Å². The largest absolute Gasteiger partial charge is 0.489 e. The third-order valence-corrected chi connectivity index (χ3v) is 3.93. The van der Waals surface area contributed by atoms with Crippen LogP contribution in [-0.2, 0) is 0 Å². The summed E-state index contributed by atoms with van der Waals surface area (Å²) in [6.45, 7) is 7.92. The first-order valence-electron chi connectivity index (χ1n) is 6.71. The molecule has 2 N–H and O–H groups in total. The number of nitrogens with zero attached hydrogens (tertiary/aromatic N) is 2. The smallest absolute Gasteiger partial charge is 0.142 e. The van der Waals surface area contributed by atoms with Crippen molar-refractivity contribution >= 4 is 5.69 Å². The molecule has 4 nitrogen and oxygen atoms in total. The molecule has 0 aliphatic carbocycles. The quantitative estimate of drug-likeness (QED) is 0.841. The van der Waals surface area contributed by atoms with Gasteiger partial charge in [0.15, 0.2) is 0 Å². The second-order valence-electron chi connectivity index (χ2n) is 5.17. The third kappa shape index (κ3) is 1.95. The zero-order valence-corrected chi connectivity index (χ0v) is 10.9. The van der Waals surface area contributed by atoms with Crippen LogP contribution in [0.2, 0.25) is 0 Å².